The zero-order chi connectivity index (χ0) is 21.7. The standard InChI is InChI=1S/C22H17ClN2O3S2/c1-3-8-25-21(26)19(30-22(25)29)11-14-9-17(23)20(18(10-14)27-2)28-13-16-7-5-4-6-15(16)12-24/h3-7,9-11H,1,8,13H2,2H3/b19-11+. The molecule has 1 fully saturated rings. The molecule has 3 rings (SSSR count). The number of thioether (sulfide) groups is 1. The fourth-order valence-corrected chi connectivity index (χ4v) is 4.35. The molecule has 0 atom stereocenters. The number of halogens is 1. The van der Waals surface area contributed by atoms with E-state index in [4.69, 9.17) is 33.3 Å². The van der Waals surface area contributed by atoms with Crippen molar-refractivity contribution in [2.45, 2.75) is 6.61 Å². The number of methoxy groups -OCH3 is 1. The number of nitriles is 1. The van der Waals surface area contributed by atoms with E-state index < -0.39 is 0 Å². The number of carbonyl (C=O) groups excluding carboxylic acids is 1. The zero-order valence-corrected chi connectivity index (χ0v) is 18.4. The van der Waals surface area contributed by atoms with Crippen LogP contribution in [0.3, 0.4) is 0 Å². The number of hydrogen-bond acceptors (Lipinski definition) is 6. The molecule has 8 heteroatoms. The minimum atomic E-state index is -0.173. The van der Waals surface area contributed by atoms with Gasteiger partial charge in [0.2, 0.25) is 0 Å². The zero-order valence-electron chi connectivity index (χ0n) is 16.1. The van der Waals surface area contributed by atoms with Crippen LogP contribution in [0, 0.1) is 11.3 Å². The maximum Gasteiger partial charge on any atom is 0.266 e. The molecule has 1 saturated heterocycles. The van der Waals surface area contributed by atoms with Gasteiger partial charge in [0.15, 0.2) is 11.5 Å². The summed E-state index contributed by atoms with van der Waals surface area (Å²) >= 11 is 12.9. The van der Waals surface area contributed by atoms with Crippen molar-refractivity contribution >= 4 is 51.9 Å². The summed E-state index contributed by atoms with van der Waals surface area (Å²) in [7, 11) is 1.51. The summed E-state index contributed by atoms with van der Waals surface area (Å²) in [6.45, 7) is 4.18. The Morgan fingerprint density at radius 3 is 2.83 bits per heavy atom. The highest BCUT2D eigenvalue weighted by Crippen LogP contribution is 2.39. The third-order valence-electron chi connectivity index (χ3n) is 4.24. The van der Waals surface area contributed by atoms with E-state index in [9.17, 15) is 10.1 Å². The first-order chi connectivity index (χ1) is 14.5. The van der Waals surface area contributed by atoms with Crippen molar-refractivity contribution in [2.75, 3.05) is 13.7 Å². The second kappa shape index (κ2) is 9.81. The van der Waals surface area contributed by atoms with Crippen molar-refractivity contribution in [3.05, 3.63) is 75.7 Å². The van der Waals surface area contributed by atoms with Crippen LogP contribution in [0.1, 0.15) is 16.7 Å². The Morgan fingerprint density at radius 1 is 1.37 bits per heavy atom. The van der Waals surface area contributed by atoms with E-state index in [-0.39, 0.29) is 12.5 Å². The van der Waals surface area contributed by atoms with E-state index in [1.807, 2.05) is 12.1 Å². The molecule has 1 aliphatic heterocycles. The molecule has 1 aliphatic rings. The van der Waals surface area contributed by atoms with Gasteiger partial charge in [0.05, 0.1) is 28.7 Å². The van der Waals surface area contributed by atoms with Crippen LogP contribution in [0.4, 0.5) is 0 Å². The van der Waals surface area contributed by atoms with Crippen LogP contribution in [0.25, 0.3) is 6.08 Å². The van der Waals surface area contributed by atoms with Gasteiger partial charge in [0.25, 0.3) is 5.91 Å². The van der Waals surface area contributed by atoms with Gasteiger partial charge in [0.1, 0.15) is 10.9 Å². The van der Waals surface area contributed by atoms with Gasteiger partial charge in [-0.1, -0.05) is 59.9 Å². The van der Waals surface area contributed by atoms with E-state index in [0.717, 1.165) is 5.56 Å². The molecule has 0 N–H and O–H groups in total. The first-order valence-electron chi connectivity index (χ1n) is 8.83. The molecule has 1 heterocycles. The predicted octanol–water partition coefficient (Wildman–Crippen LogP) is 5.19. The number of rotatable bonds is 7. The summed E-state index contributed by atoms with van der Waals surface area (Å²) < 4.78 is 11.8. The second-order valence-electron chi connectivity index (χ2n) is 6.17. The number of carbonyl (C=O) groups is 1. The van der Waals surface area contributed by atoms with Gasteiger partial charge < -0.3 is 9.47 Å². The van der Waals surface area contributed by atoms with Gasteiger partial charge in [-0.05, 0) is 29.8 Å². The largest absolute Gasteiger partial charge is 0.493 e. The van der Waals surface area contributed by atoms with Crippen molar-refractivity contribution in [1.82, 2.24) is 4.90 Å². The van der Waals surface area contributed by atoms with Crippen molar-refractivity contribution in [3.63, 3.8) is 0 Å². The molecule has 0 spiro atoms. The quantitative estimate of drug-likeness (QED) is 0.324. The maximum atomic E-state index is 12.5. The Hall–Kier alpha value is -2.79. The minimum absolute atomic E-state index is 0.166. The predicted molar refractivity (Wildman–Crippen MR) is 124 cm³/mol. The van der Waals surface area contributed by atoms with Gasteiger partial charge in [0, 0.05) is 12.1 Å². The highest BCUT2D eigenvalue weighted by molar-refractivity contribution is 8.26. The summed E-state index contributed by atoms with van der Waals surface area (Å²) in [5.74, 6) is 0.612. The van der Waals surface area contributed by atoms with Crippen LogP contribution in [0.5, 0.6) is 11.5 Å². The summed E-state index contributed by atoms with van der Waals surface area (Å²) in [6, 6.07) is 12.7. The summed E-state index contributed by atoms with van der Waals surface area (Å²) in [5, 5.41) is 9.56. The minimum Gasteiger partial charge on any atom is -0.493 e. The Morgan fingerprint density at radius 2 is 2.13 bits per heavy atom. The van der Waals surface area contributed by atoms with Crippen molar-refractivity contribution in [1.29, 1.82) is 5.26 Å². The van der Waals surface area contributed by atoms with Crippen molar-refractivity contribution < 1.29 is 14.3 Å². The topological polar surface area (TPSA) is 62.6 Å². The van der Waals surface area contributed by atoms with E-state index in [1.54, 1.807) is 36.4 Å². The van der Waals surface area contributed by atoms with Gasteiger partial charge in [-0.3, -0.25) is 9.69 Å². The molecule has 0 unspecified atom stereocenters. The molecule has 1 amide bonds. The Bertz CT molecular complexity index is 1090. The lowest BCUT2D eigenvalue weighted by Crippen LogP contribution is -2.27. The first-order valence-corrected chi connectivity index (χ1v) is 10.4. The molecular formula is C22H17ClN2O3S2. The average Bonchev–Trinajstić information content (AvgIpc) is 3.00. The first kappa shape index (κ1) is 21.9. The molecule has 152 valence electrons. The molecule has 5 nitrogen and oxygen atoms in total. The molecule has 0 radical (unpaired) electrons. The van der Waals surface area contributed by atoms with Crippen LogP contribution in [-0.4, -0.2) is 28.8 Å². The van der Waals surface area contributed by atoms with Gasteiger partial charge in [-0.15, -0.1) is 6.58 Å². The highest BCUT2D eigenvalue weighted by Gasteiger charge is 2.31. The third kappa shape index (κ3) is 4.68. The number of ether oxygens (including phenoxy) is 2. The number of amides is 1. The van der Waals surface area contributed by atoms with Crippen LogP contribution >= 0.6 is 35.6 Å². The molecule has 2 aromatic rings. The highest BCUT2D eigenvalue weighted by atomic mass is 35.5. The lowest BCUT2D eigenvalue weighted by Gasteiger charge is -2.14. The number of hydrogen-bond donors (Lipinski definition) is 0. The maximum absolute atomic E-state index is 12.5. The fourth-order valence-electron chi connectivity index (χ4n) is 2.81. The molecule has 0 aliphatic carbocycles. The van der Waals surface area contributed by atoms with E-state index >= 15 is 0 Å². The SMILES string of the molecule is C=CCN1C(=O)/C(=C\c2cc(Cl)c(OCc3ccccc3C#N)c(OC)c2)SC1=S. The Balaban J connectivity index is 1.86. The van der Waals surface area contributed by atoms with Crippen LogP contribution < -0.4 is 9.47 Å². The monoisotopic (exact) mass is 456 g/mol. The van der Waals surface area contributed by atoms with Crippen LogP contribution in [0.2, 0.25) is 5.02 Å². The third-order valence-corrected chi connectivity index (χ3v) is 5.90. The molecule has 0 bridgehead atoms. The molecule has 2 aromatic carbocycles. The molecule has 30 heavy (non-hydrogen) atoms. The van der Waals surface area contributed by atoms with Gasteiger partial charge >= 0.3 is 0 Å². The summed E-state index contributed by atoms with van der Waals surface area (Å²) in [4.78, 5) is 14.5. The number of benzene rings is 2. The summed E-state index contributed by atoms with van der Waals surface area (Å²) in [5.41, 5.74) is 1.96. The fraction of sp³-hybridized carbons (Fsp3) is 0.136. The number of nitrogens with zero attached hydrogens (tertiary/aromatic N) is 2. The average molecular weight is 457 g/mol. The van der Waals surface area contributed by atoms with Gasteiger partial charge in [-0.2, -0.15) is 5.26 Å². The Labute approximate surface area is 189 Å². The lowest BCUT2D eigenvalue weighted by molar-refractivity contribution is -0.121. The van der Waals surface area contributed by atoms with Crippen LogP contribution in [-0.2, 0) is 11.4 Å². The lowest BCUT2D eigenvalue weighted by atomic mass is 10.1. The van der Waals surface area contributed by atoms with Crippen molar-refractivity contribution in [2.24, 2.45) is 0 Å². The van der Waals surface area contributed by atoms with Gasteiger partial charge in [-0.25, -0.2) is 0 Å². The normalized spacial score (nSPS) is 14.7. The van der Waals surface area contributed by atoms with E-state index in [1.165, 1.54) is 23.8 Å². The molecule has 0 saturated carbocycles. The van der Waals surface area contributed by atoms with E-state index in [0.29, 0.717) is 43.4 Å². The molecule has 0 aromatic heterocycles. The van der Waals surface area contributed by atoms with Crippen LogP contribution in [0.15, 0.2) is 54.0 Å². The Kier molecular flexibility index (Phi) is 7.16. The van der Waals surface area contributed by atoms with E-state index in [2.05, 4.69) is 12.6 Å². The second-order valence-corrected chi connectivity index (χ2v) is 8.26. The summed E-state index contributed by atoms with van der Waals surface area (Å²) in [6.07, 6.45) is 3.34. The molecular weight excluding hydrogens is 440 g/mol. The van der Waals surface area contributed by atoms with Crippen molar-refractivity contribution in [3.8, 4) is 17.6 Å². The number of thiocarbonyl (C=S) groups is 1. The smallest absolute Gasteiger partial charge is 0.266 e.